The maximum absolute atomic E-state index is 14.5. The molecule has 1 aromatic heterocycles. The summed E-state index contributed by atoms with van der Waals surface area (Å²) in [6.07, 6.45) is -6.48. The standard InChI is InChI=1S/C25H26F8N4O3S/c26-17-1-3-19(4-2-17)41(39,40)37-13-18(27)10-22(37)23(38)35-11-16-9-21(34-12-20(16)28)15-5-7-36(8-6-15)14-24(29,30)25(31,32)33/h1-4,9,12,15,18,22H,5-8,10-11,13-14H2,(H,35,38)/t18-,22+/m1/s1. The molecule has 2 aliphatic heterocycles. The van der Waals surface area contributed by atoms with E-state index in [1.165, 1.54) is 6.07 Å². The number of nitrogens with one attached hydrogen (secondary N) is 1. The minimum Gasteiger partial charge on any atom is -0.351 e. The monoisotopic (exact) mass is 614 g/mol. The summed E-state index contributed by atoms with van der Waals surface area (Å²) in [6, 6.07) is 3.70. The number of aromatic nitrogens is 1. The number of alkyl halides is 6. The smallest absolute Gasteiger partial charge is 0.351 e. The lowest BCUT2D eigenvalue weighted by Gasteiger charge is -2.34. The van der Waals surface area contributed by atoms with E-state index in [1.807, 2.05) is 0 Å². The number of pyridine rings is 1. The largest absolute Gasteiger partial charge is 0.454 e. The number of rotatable bonds is 8. The van der Waals surface area contributed by atoms with Crippen LogP contribution >= 0.6 is 0 Å². The third kappa shape index (κ3) is 6.97. The molecular formula is C25H26F8N4O3S. The average Bonchev–Trinajstić information content (AvgIpc) is 3.30. The molecule has 3 heterocycles. The van der Waals surface area contributed by atoms with Crippen molar-refractivity contribution in [3.63, 3.8) is 0 Å². The van der Waals surface area contributed by atoms with Crippen LogP contribution in [0, 0.1) is 11.6 Å². The molecule has 2 aliphatic rings. The summed E-state index contributed by atoms with van der Waals surface area (Å²) in [7, 11) is -4.35. The molecule has 1 aromatic carbocycles. The Kier molecular flexibility index (Phi) is 8.95. The van der Waals surface area contributed by atoms with Gasteiger partial charge in [0.25, 0.3) is 0 Å². The lowest BCUT2D eigenvalue weighted by Crippen LogP contribution is -2.48. The van der Waals surface area contributed by atoms with E-state index >= 15 is 0 Å². The second-order valence-corrected chi connectivity index (χ2v) is 11.9. The molecule has 0 radical (unpaired) electrons. The zero-order valence-electron chi connectivity index (χ0n) is 21.4. The van der Waals surface area contributed by atoms with Crippen LogP contribution in [0.4, 0.5) is 35.1 Å². The number of amides is 1. The van der Waals surface area contributed by atoms with Gasteiger partial charge >= 0.3 is 12.1 Å². The maximum atomic E-state index is 14.5. The Bertz CT molecular complexity index is 1350. The summed E-state index contributed by atoms with van der Waals surface area (Å²) in [5.74, 6) is -7.58. The molecule has 2 atom stereocenters. The highest BCUT2D eigenvalue weighted by atomic mass is 32.2. The fourth-order valence-electron chi connectivity index (χ4n) is 4.92. The molecular weight excluding hydrogens is 588 g/mol. The number of sulfonamides is 1. The number of likely N-dealkylation sites (tertiary alicyclic amines) is 1. The topological polar surface area (TPSA) is 82.6 Å². The fraction of sp³-hybridized carbons (Fsp3) is 0.520. The molecule has 0 spiro atoms. The van der Waals surface area contributed by atoms with Gasteiger partial charge in [-0.25, -0.2) is 21.6 Å². The van der Waals surface area contributed by atoms with Gasteiger partial charge in [-0.05, 0) is 56.3 Å². The Morgan fingerprint density at radius 3 is 2.29 bits per heavy atom. The van der Waals surface area contributed by atoms with Crippen molar-refractivity contribution in [2.45, 2.75) is 60.9 Å². The zero-order valence-corrected chi connectivity index (χ0v) is 22.2. The summed E-state index contributed by atoms with van der Waals surface area (Å²) in [5.41, 5.74) is 0.320. The molecule has 2 aromatic rings. The van der Waals surface area contributed by atoms with E-state index < -0.39 is 77.9 Å². The third-order valence-electron chi connectivity index (χ3n) is 7.18. The molecule has 7 nitrogen and oxygen atoms in total. The predicted molar refractivity (Wildman–Crippen MR) is 129 cm³/mol. The first-order valence-corrected chi connectivity index (χ1v) is 14.0. The van der Waals surface area contributed by atoms with Crippen LogP contribution in [0.15, 0.2) is 41.4 Å². The van der Waals surface area contributed by atoms with Crippen molar-refractivity contribution in [1.82, 2.24) is 19.5 Å². The van der Waals surface area contributed by atoms with Crippen molar-refractivity contribution >= 4 is 15.9 Å². The van der Waals surface area contributed by atoms with Crippen LogP contribution in [-0.4, -0.2) is 79.0 Å². The summed E-state index contributed by atoms with van der Waals surface area (Å²) in [6.45, 7) is -2.60. The summed E-state index contributed by atoms with van der Waals surface area (Å²) in [4.78, 5) is 17.6. The van der Waals surface area contributed by atoms with Gasteiger partial charge in [0.1, 0.15) is 23.8 Å². The van der Waals surface area contributed by atoms with Crippen LogP contribution in [0.2, 0.25) is 0 Å². The number of halogens is 8. The normalized spacial score (nSPS) is 21.8. The molecule has 41 heavy (non-hydrogen) atoms. The van der Waals surface area contributed by atoms with Crippen LogP contribution in [0.25, 0.3) is 0 Å². The lowest BCUT2D eigenvalue weighted by atomic mass is 9.92. The molecule has 1 N–H and O–H groups in total. The van der Waals surface area contributed by atoms with E-state index in [0.29, 0.717) is 10.00 Å². The van der Waals surface area contributed by atoms with Crippen molar-refractivity contribution in [1.29, 1.82) is 0 Å². The molecule has 226 valence electrons. The predicted octanol–water partition coefficient (Wildman–Crippen LogP) is 4.15. The number of nitrogens with zero attached hydrogens (tertiary/aromatic N) is 3. The number of carbonyl (C=O) groups excluding carboxylic acids is 1. The van der Waals surface area contributed by atoms with Gasteiger partial charge in [-0.3, -0.25) is 14.7 Å². The van der Waals surface area contributed by atoms with E-state index in [2.05, 4.69) is 10.3 Å². The number of benzene rings is 1. The Balaban J connectivity index is 1.39. The molecule has 0 bridgehead atoms. The molecule has 16 heteroatoms. The molecule has 1 amide bonds. The van der Waals surface area contributed by atoms with Crippen molar-refractivity contribution < 1.29 is 48.3 Å². The maximum Gasteiger partial charge on any atom is 0.454 e. The van der Waals surface area contributed by atoms with Gasteiger partial charge in [-0.2, -0.15) is 26.3 Å². The van der Waals surface area contributed by atoms with Crippen molar-refractivity contribution in [3.8, 4) is 0 Å². The minimum absolute atomic E-state index is 0.0304. The first-order valence-electron chi connectivity index (χ1n) is 12.6. The average molecular weight is 615 g/mol. The van der Waals surface area contributed by atoms with Crippen LogP contribution in [0.3, 0.4) is 0 Å². The highest BCUT2D eigenvalue weighted by Gasteiger charge is 2.58. The van der Waals surface area contributed by atoms with Gasteiger partial charge in [0.05, 0.1) is 17.6 Å². The van der Waals surface area contributed by atoms with Gasteiger partial charge < -0.3 is 5.32 Å². The van der Waals surface area contributed by atoms with Crippen molar-refractivity contribution in [3.05, 3.63) is 59.4 Å². The molecule has 0 aliphatic carbocycles. The first-order chi connectivity index (χ1) is 19.1. The van der Waals surface area contributed by atoms with E-state index in [9.17, 15) is 48.3 Å². The highest BCUT2D eigenvalue weighted by Crippen LogP contribution is 2.37. The van der Waals surface area contributed by atoms with Crippen LogP contribution in [-0.2, 0) is 21.4 Å². The summed E-state index contributed by atoms with van der Waals surface area (Å²) in [5, 5.41) is 2.40. The SMILES string of the molecule is O=C(NCc1cc(C2CCN(CC(F)(F)C(F)(F)F)CC2)ncc1F)[C@@H]1C[C@@H](F)CN1S(=O)(=O)c1ccc(F)cc1. The van der Waals surface area contributed by atoms with E-state index in [-0.39, 0.29) is 42.3 Å². The van der Waals surface area contributed by atoms with E-state index in [0.717, 1.165) is 35.4 Å². The van der Waals surface area contributed by atoms with Gasteiger partial charge in [0, 0.05) is 36.7 Å². The van der Waals surface area contributed by atoms with Crippen LogP contribution in [0.1, 0.15) is 36.4 Å². The summed E-state index contributed by atoms with van der Waals surface area (Å²) >= 11 is 0. The molecule has 2 saturated heterocycles. The second-order valence-electron chi connectivity index (χ2n) is 10.0. The number of hydrogen-bond donors (Lipinski definition) is 1. The number of carbonyl (C=O) groups is 1. The van der Waals surface area contributed by atoms with Gasteiger partial charge in [-0.1, -0.05) is 0 Å². The Hall–Kier alpha value is -2.85. The second kappa shape index (κ2) is 11.8. The fourth-order valence-corrected chi connectivity index (χ4v) is 6.54. The lowest BCUT2D eigenvalue weighted by molar-refractivity contribution is -0.287. The Morgan fingerprint density at radius 1 is 1.05 bits per heavy atom. The molecule has 4 rings (SSSR count). The summed E-state index contributed by atoms with van der Waals surface area (Å²) < 4.78 is 133. The van der Waals surface area contributed by atoms with Crippen LogP contribution in [0.5, 0.6) is 0 Å². The van der Waals surface area contributed by atoms with Gasteiger partial charge in [0.15, 0.2) is 0 Å². The highest BCUT2D eigenvalue weighted by molar-refractivity contribution is 7.89. The molecule has 0 saturated carbocycles. The Labute approximate surface area is 230 Å². The zero-order chi connectivity index (χ0) is 30.2. The van der Waals surface area contributed by atoms with E-state index in [4.69, 9.17) is 0 Å². The van der Waals surface area contributed by atoms with Gasteiger partial charge in [0.2, 0.25) is 15.9 Å². The number of piperidine rings is 1. The molecule has 0 unspecified atom stereocenters. The van der Waals surface area contributed by atoms with E-state index in [1.54, 1.807) is 0 Å². The molecule has 2 fully saturated rings. The first kappa shape index (κ1) is 31.1. The van der Waals surface area contributed by atoms with Crippen LogP contribution < -0.4 is 5.32 Å². The number of hydrogen-bond acceptors (Lipinski definition) is 5. The van der Waals surface area contributed by atoms with Crippen molar-refractivity contribution in [2.24, 2.45) is 0 Å². The minimum atomic E-state index is -5.66. The van der Waals surface area contributed by atoms with Gasteiger partial charge in [-0.15, -0.1) is 0 Å². The quantitative estimate of drug-likeness (QED) is 0.452. The van der Waals surface area contributed by atoms with Crippen molar-refractivity contribution in [2.75, 3.05) is 26.2 Å². The Morgan fingerprint density at radius 2 is 1.68 bits per heavy atom. The third-order valence-corrected chi connectivity index (χ3v) is 9.07.